The van der Waals surface area contributed by atoms with Gasteiger partial charge in [0.15, 0.2) is 5.65 Å². The van der Waals surface area contributed by atoms with Gasteiger partial charge in [0.2, 0.25) is 10.0 Å². The predicted octanol–water partition coefficient (Wildman–Crippen LogP) is 6.90. The summed E-state index contributed by atoms with van der Waals surface area (Å²) in [6.45, 7) is 7.65. The van der Waals surface area contributed by atoms with E-state index in [4.69, 9.17) is 16.6 Å². The van der Waals surface area contributed by atoms with Gasteiger partial charge in [-0.25, -0.2) is 22.6 Å². The van der Waals surface area contributed by atoms with Crippen molar-refractivity contribution >= 4 is 55.2 Å². The van der Waals surface area contributed by atoms with Crippen molar-refractivity contribution in [2.45, 2.75) is 58.3 Å². The zero-order valence-electron chi connectivity index (χ0n) is 21.5. The number of rotatable bonds is 6. The largest absolute Gasteiger partial charge is 0.463 e. The number of halogens is 2. The Morgan fingerprint density at radius 2 is 1.92 bits per heavy atom. The lowest BCUT2D eigenvalue weighted by atomic mass is 9.86. The summed E-state index contributed by atoms with van der Waals surface area (Å²) in [4.78, 5) is 16.8. The van der Waals surface area contributed by atoms with Gasteiger partial charge in [0, 0.05) is 22.3 Å². The normalized spacial score (nSPS) is 14.4. The molecule has 0 radical (unpaired) electrons. The smallest absolute Gasteiger partial charge is 0.434 e. The second-order valence-corrected chi connectivity index (χ2v) is 12.9. The highest BCUT2D eigenvalue weighted by Gasteiger charge is 2.33. The molecular formula is C27H28ClFN4O4S. The van der Waals surface area contributed by atoms with Crippen LogP contribution < -0.4 is 4.72 Å². The standard InChI is InChI=1S/C27H28ClFN4O4S/c1-5-12-38(36,37)32-19-11-10-18(29)20(22(19)28)15-8-9-16-17(13-15)24(27(2,3)4)30-25-21(16)23(14-6-7-14)31-33(25)26(34)35/h8-11,13-14,32H,5-7,12H2,1-4H3,(H,34,35). The number of sulfonamides is 1. The maximum absolute atomic E-state index is 15.2. The number of carbonyl (C=O) groups is 1. The van der Waals surface area contributed by atoms with E-state index < -0.39 is 27.3 Å². The van der Waals surface area contributed by atoms with Crippen molar-refractivity contribution in [3.05, 3.63) is 52.6 Å². The predicted molar refractivity (Wildman–Crippen MR) is 147 cm³/mol. The molecule has 38 heavy (non-hydrogen) atoms. The van der Waals surface area contributed by atoms with Crippen LogP contribution in [0.2, 0.25) is 5.02 Å². The van der Waals surface area contributed by atoms with E-state index in [1.807, 2.05) is 26.8 Å². The average molecular weight is 559 g/mol. The molecule has 0 saturated heterocycles. The van der Waals surface area contributed by atoms with Crippen LogP contribution >= 0.6 is 11.6 Å². The molecule has 0 aliphatic heterocycles. The fourth-order valence-corrected chi connectivity index (χ4v) is 6.31. The monoisotopic (exact) mass is 558 g/mol. The third-order valence-electron chi connectivity index (χ3n) is 6.62. The minimum absolute atomic E-state index is 0.0484. The number of anilines is 1. The van der Waals surface area contributed by atoms with Crippen LogP contribution in [0.3, 0.4) is 0 Å². The van der Waals surface area contributed by atoms with Crippen molar-refractivity contribution in [2.75, 3.05) is 10.5 Å². The minimum atomic E-state index is -3.64. The minimum Gasteiger partial charge on any atom is -0.463 e. The molecular weight excluding hydrogens is 531 g/mol. The summed E-state index contributed by atoms with van der Waals surface area (Å²) in [7, 11) is -3.64. The van der Waals surface area contributed by atoms with Crippen molar-refractivity contribution < 1.29 is 22.7 Å². The first-order chi connectivity index (χ1) is 17.8. The molecule has 4 aromatic rings. The van der Waals surface area contributed by atoms with Crippen LogP contribution in [-0.2, 0) is 15.4 Å². The molecule has 5 rings (SSSR count). The molecule has 0 atom stereocenters. The molecule has 0 amide bonds. The molecule has 1 aliphatic rings. The van der Waals surface area contributed by atoms with Crippen LogP contribution in [0.1, 0.15) is 64.3 Å². The Morgan fingerprint density at radius 3 is 2.53 bits per heavy atom. The van der Waals surface area contributed by atoms with E-state index >= 15 is 4.39 Å². The van der Waals surface area contributed by atoms with Crippen LogP contribution in [0.15, 0.2) is 30.3 Å². The van der Waals surface area contributed by atoms with Gasteiger partial charge in [0.1, 0.15) is 5.82 Å². The maximum Gasteiger partial charge on any atom is 0.434 e. The third kappa shape index (κ3) is 4.60. The van der Waals surface area contributed by atoms with Gasteiger partial charge in [-0.3, -0.25) is 4.72 Å². The molecule has 2 aromatic carbocycles. The molecule has 0 unspecified atom stereocenters. The van der Waals surface area contributed by atoms with E-state index in [-0.39, 0.29) is 33.6 Å². The van der Waals surface area contributed by atoms with Crippen molar-refractivity contribution in [3.8, 4) is 11.1 Å². The molecule has 2 heterocycles. The van der Waals surface area contributed by atoms with E-state index in [9.17, 15) is 18.3 Å². The highest BCUT2D eigenvalue weighted by Crippen LogP contribution is 2.46. The number of nitrogens with zero attached hydrogens (tertiary/aromatic N) is 3. The number of aromatic nitrogens is 3. The number of fused-ring (bicyclic) bond motifs is 3. The highest BCUT2D eigenvalue weighted by atomic mass is 35.5. The summed E-state index contributed by atoms with van der Waals surface area (Å²) in [5, 5.41) is 16.3. The third-order valence-corrected chi connectivity index (χ3v) is 8.49. The maximum atomic E-state index is 15.2. The van der Waals surface area contributed by atoms with Gasteiger partial charge in [-0.05, 0) is 48.4 Å². The lowest BCUT2D eigenvalue weighted by Gasteiger charge is -2.21. The SMILES string of the molecule is CCCS(=O)(=O)Nc1ccc(F)c(-c2ccc3c(c2)c(C(C)(C)C)nc2c3c(C3CC3)nn2C(=O)O)c1Cl. The summed E-state index contributed by atoms with van der Waals surface area (Å²) >= 11 is 6.58. The molecule has 1 aliphatic carbocycles. The molecule has 0 bridgehead atoms. The van der Waals surface area contributed by atoms with Crippen molar-refractivity contribution in [1.82, 2.24) is 14.8 Å². The average Bonchev–Trinajstić information content (AvgIpc) is 3.59. The Labute approximate surface area is 224 Å². The first kappa shape index (κ1) is 26.4. The molecule has 2 aromatic heterocycles. The van der Waals surface area contributed by atoms with Gasteiger partial charge in [0.05, 0.1) is 33.2 Å². The van der Waals surface area contributed by atoms with Gasteiger partial charge in [0.25, 0.3) is 0 Å². The highest BCUT2D eigenvalue weighted by molar-refractivity contribution is 7.92. The molecule has 200 valence electrons. The Balaban J connectivity index is 1.78. The Kier molecular flexibility index (Phi) is 6.38. The van der Waals surface area contributed by atoms with Gasteiger partial charge >= 0.3 is 6.09 Å². The van der Waals surface area contributed by atoms with Crippen molar-refractivity contribution in [2.24, 2.45) is 0 Å². The Bertz CT molecular complexity index is 1720. The van der Waals surface area contributed by atoms with Crippen LogP contribution in [0.25, 0.3) is 32.9 Å². The van der Waals surface area contributed by atoms with E-state index in [0.717, 1.165) is 28.3 Å². The fraction of sp³-hybridized carbons (Fsp3) is 0.370. The number of carboxylic acid groups (broad SMARTS) is 1. The lowest BCUT2D eigenvalue weighted by molar-refractivity contribution is 0.193. The number of pyridine rings is 1. The van der Waals surface area contributed by atoms with Gasteiger partial charge in [-0.1, -0.05) is 51.4 Å². The summed E-state index contributed by atoms with van der Waals surface area (Å²) in [5.41, 5.74) is 1.72. The van der Waals surface area contributed by atoms with Crippen LogP contribution in [0.5, 0.6) is 0 Å². The van der Waals surface area contributed by atoms with E-state index in [1.54, 1.807) is 19.1 Å². The summed E-state index contributed by atoms with van der Waals surface area (Å²) in [6.07, 6.45) is 1.06. The number of nitrogens with one attached hydrogen (secondary N) is 1. The fourth-order valence-electron chi connectivity index (χ4n) is 4.80. The topological polar surface area (TPSA) is 114 Å². The molecule has 1 fully saturated rings. The van der Waals surface area contributed by atoms with Crippen molar-refractivity contribution in [3.63, 3.8) is 0 Å². The Hall–Kier alpha value is -3.24. The number of hydrogen-bond acceptors (Lipinski definition) is 5. The van der Waals surface area contributed by atoms with E-state index in [2.05, 4.69) is 9.82 Å². The zero-order valence-corrected chi connectivity index (χ0v) is 23.0. The first-order valence-corrected chi connectivity index (χ1v) is 14.4. The van der Waals surface area contributed by atoms with Gasteiger partial charge in [-0.2, -0.15) is 5.10 Å². The van der Waals surface area contributed by atoms with E-state index in [1.165, 1.54) is 12.1 Å². The van der Waals surface area contributed by atoms with Gasteiger partial charge in [-0.15, -0.1) is 4.68 Å². The van der Waals surface area contributed by atoms with Crippen LogP contribution in [0, 0.1) is 5.82 Å². The molecule has 8 nitrogen and oxygen atoms in total. The van der Waals surface area contributed by atoms with E-state index in [0.29, 0.717) is 28.8 Å². The van der Waals surface area contributed by atoms with Crippen LogP contribution in [0.4, 0.5) is 14.9 Å². The number of benzene rings is 2. The van der Waals surface area contributed by atoms with Gasteiger partial charge < -0.3 is 5.11 Å². The quantitative estimate of drug-likeness (QED) is 0.266. The second kappa shape index (κ2) is 9.20. The summed E-state index contributed by atoms with van der Waals surface area (Å²) in [6, 6.07) is 7.80. The Morgan fingerprint density at radius 1 is 1.21 bits per heavy atom. The molecule has 1 saturated carbocycles. The molecule has 0 spiro atoms. The first-order valence-electron chi connectivity index (χ1n) is 12.4. The molecule has 2 N–H and O–H groups in total. The van der Waals surface area contributed by atoms with Crippen LogP contribution in [-0.4, -0.2) is 40.1 Å². The number of hydrogen-bond donors (Lipinski definition) is 2. The lowest BCUT2D eigenvalue weighted by Crippen LogP contribution is -2.17. The van der Waals surface area contributed by atoms with Crippen molar-refractivity contribution in [1.29, 1.82) is 0 Å². The zero-order chi connectivity index (χ0) is 27.6. The summed E-state index contributed by atoms with van der Waals surface area (Å²) < 4.78 is 43.3. The summed E-state index contributed by atoms with van der Waals surface area (Å²) in [5.74, 6) is -0.518. The molecule has 11 heteroatoms. The second-order valence-electron chi connectivity index (χ2n) is 10.7.